The molecule has 112 valence electrons. The molecule has 0 bridgehead atoms. The van der Waals surface area contributed by atoms with Crippen molar-refractivity contribution in [3.63, 3.8) is 0 Å². The first-order valence-electron chi connectivity index (χ1n) is 6.50. The van der Waals surface area contributed by atoms with Crippen molar-refractivity contribution in [1.29, 1.82) is 0 Å². The maximum absolute atomic E-state index is 11.3. The van der Waals surface area contributed by atoms with Crippen LogP contribution in [0, 0.1) is 5.92 Å². The molecular formula is C14H17N3O3S. The zero-order valence-electron chi connectivity index (χ0n) is 11.9. The molecule has 0 fully saturated rings. The molecule has 2 rings (SSSR count). The number of hydrogen-bond donors (Lipinski definition) is 2. The van der Waals surface area contributed by atoms with Crippen molar-refractivity contribution < 1.29 is 14.7 Å². The number of nitrogens with zero attached hydrogens (tertiary/aromatic N) is 2. The minimum absolute atomic E-state index is 0.0250. The van der Waals surface area contributed by atoms with E-state index in [0.717, 1.165) is 16.2 Å². The number of thioether (sulfide) groups is 1. The fraction of sp³-hybridized carbons (Fsp3) is 0.357. The fourth-order valence-corrected chi connectivity index (χ4v) is 3.04. The lowest BCUT2D eigenvalue weighted by Crippen LogP contribution is -2.26. The number of nitrogens with one attached hydrogen (secondary N) is 1. The number of rotatable bonds is 6. The molecule has 0 aliphatic rings. The fourth-order valence-electron chi connectivity index (χ4n) is 1.97. The number of aromatic nitrogens is 2. The van der Waals surface area contributed by atoms with Crippen LogP contribution in [-0.4, -0.2) is 39.3 Å². The van der Waals surface area contributed by atoms with Crippen molar-refractivity contribution in [2.45, 2.75) is 11.6 Å². The summed E-state index contributed by atoms with van der Waals surface area (Å²) >= 11 is 1.35. The van der Waals surface area contributed by atoms with Crippen LogP contribution in [0.2, 0.25) is 0 Å². The van der Waals surface area contributed by atoms with E-state index in [1.54, 1.807) is 0 Å². The molecule has 1 aromatic carbocycles. The number of aryl methyl sites for hydroxylation is 1. The Morgan fingerprint density at radius 2 is 2.14 bits per heavy atom. The lowest BCUT2D eigenvalue weighted by atomic mass is 10.1. The van der Waals surface area contributed by atoms with Gasteiger partial charge in [-0.25, -0.2) is 4.98 Å². The Bertz CT molecular complexity index is 669. The topological polar surface area (TPSA) is 84.2 Å². The van der Waals surface area contributed by atoms with E-state index in [4.69, 9.17) is 0 Å². The molecule has 0 aliphatic carbocycles. The highest BCUT2D eigenvalue weighted by Crippen LogP contribution is 2.25. The highest BCUT2D eigenvalue weighted by Gasteiger charge is 2.22. The van der Waals surface area contributed by atoms with Crippen LogP contribution in [0.15, 0.2) is 29.4 Å². The number of carbonyl (C=O) groups is 2. The van der Waals surface area contributed by atoms with Gasteiger partial charge in [0.1, 0.15) is 0 Å². The van der Waals surface area contributed by atoms with Crippen molar-refractivity contribution in [3.05, 3.63) is 24.3 Å². The monoisotopic (exact) mass is 307 g/mol. The average Bonchev–Trinajstić information content (AvgIpc) is 2.80. The smallest absolute Gasteiger partial charge is 0.307 e. The normalized spacial score (nSPS) is 12.3. The van der Waals surface area contributed by atoms with Gasteiger partial charge >= 0.3 is 5.97 Å². The van der Waals surface area contributed by atoms with Gasteiger partial charge in [0.25, 0.3) is 0 Å². The molecule has 1 unspecified atom stereocenters. The van der Waals surface area contributed by atoms with Crippen LogP contribution in [-0.2, 0) is 16.6 Å². The molecule has 21 heavy (non-hydrogen) atoms. The lowest BCUT2D eigenvalue weighted by Gasteiger charge is -2.10. The predicted octanol–water partition coefficient (Wildman–Crippen LogP) is 1.50. The van der Waals surface area contributed by atoms with Crippen LogP contribution in [0.4, 0.5) is 0 Å². The quantitative estimate of drug-likeness (QED) is 0.790. The largest absolute Gasteiger partial charge is 0.481 e. The first-order chi connectivity index (χ1) is 10.0. The summed E-state index contributed by atoms with van der Waals surface area (Å²) in [6, 6.07) is 7.73. The molecule has 1 atom stereocenters. The van der Waals surface area contributed by atoms with Crippen LogP contribution in [0.1, 0.15) is 6.42 Å². The summed E-state index contributed by atoms with van der Waals surface area (Å²) in [5.41, 5.74) is 1.87. The van der Waals surface area contributed by atoms with Gasteiger partial charge in [0.05, 0.1) is 17.0 Å². The summed E-state index contributed by atoms with van der Waals surface area (Å²) in [7, 11) is 3.39. The summed E-state index contributed by atoms with van der Waals surface area (Å²) in [4.78, 5) is 27.0. The maximum Gasteiger partial charge on any atom is 0.307 e. The second-order valence-electron chi connectivity index (χ2n) is 4.67. The number of carboxylic acid groups (broad SMARTS) is 1. The molecule has 6 nitrogen and oxygen atoms in total. The van der Waals surface area contributed by atoms with Crippen molar-refractivity contribution in [3.8, 4) is 0 Å². The molecule has 0 saturated carbocycles. The first kappa shape index (κ1) is 15.4. The molecule has 1 heterocycles. The number of aliphatic carboxylic acids is 1. The molecule has 1 aromatic heterocycles. The van der Waals surface area contributed by atoms with E-state index in [1.165, 1.54) is 18.8 Å². The molecule has 1 amide bonds. The highest BCUT2D eigenvalue weighted by atomic mass is 32.2. The minimum Gasteiger partial charge on any atom is -0.481 e. The Labute approximate surface area is 126 Å². The summed E-state index contributed by atoms with van der Waals surface area (Å²) in [5.74, 6) is -1.66. The molecule has 2 N–H and O–H groups in total. The van der Waals surface area contributed by atoms with E-state index < -0.39 is 11.9 Å². The Kier molecular flexibility index (Phi) is 4.85. The summed E-state index contributed by atoms with van der Waals surface area (Å²) < 4.78 is 1.93. The van der Waals surface area contributed by atoms with Crippen molar-refractivity contribution >= 4 is 34.7 Å². The van der Waals surface area contributed by atoms with E-state index in [1.807, 2.05) is 35.9 Å². The Balaban J connectivity index is 2.10. The van der Waals surface area contributed by atoms with E-state index >= 15 is 0 Å². The van der Waals surface area contributed by atoms with Gasteiger partial charge in [-0.2, -0.15) is 0 Å². The van der Waals surface area contributed by atoms with E-state index in [0.29, 0.717) is 5.75 Å². The van der Waals surface area contributed by atoms with Gasteiger partial charge in [0.15, 0.2) is 5.16 Å². The number of carboxylic acids is 1. The highest BCUT2D eigenvalue weighted by molar-refractivity contribution is 7.99. The van der Waals surface area contributed by atoms with Crippen LogP contribution < -0.4 is 5.32 Å². The Hall–Kier alpha value is -2.02. The average molecular weight is 307 g/mol. The Morgan fingerprint density at radius 1 is 1.43 bits per heavy atom. The molecule has 0 saturated heterocycles. The molecule has 0 spiro atoms. The third-order valence-corrected chi connectivity index (χ3v) is 4.41. The summed E-state index contributed by atoms with van der Waals surface area (Å²) in [6.45, 7) is 0. The van der Waals surface area contributed by atoms with Gasteiger partial charge in [0.2, 0.25) is 5.91 Å². The van der Waals surface area contributed by atoms with Crippen LogP contribution >= 0.6 is 11.8 Å². The number of fused-ring (bicyclic) bond motifs is 1. The number of para-hydroxylation sites is 2. The van der Waals surface area contributed by atoms with Crippen molar-refractivity contribution in [2.24, 2.45) is 13.0 Å². The van der Waals surface area contributed by atoms with Gasteiger partial charge in [-0.3, -0.25) is 9.59 Å². The predicted molar refractivity (Wildman–Crippen MR) is 81.2 cm³/mol. The van der Waals surface area contributed by atoms with Gasteiger partial charge in [0, 0.05) is 26.3 Å². The number of carbonyl (C=O) groups excluding carboxylic acids is 1. The minimum atomic E-state index is -0.968. The van der Waals surface area contributed by atoms with Gasteiger partial charge in [-0.05, 0) is 12.1 Å². The van der Waals surface area contributed by atoms with Crippen LogP contribution in [0.25, 0.3) is 11.0 Å². The van der Waals surface area contributed by atoms with Crippen molar-refractivity contribution in [1.82, 2.24) is 14.9 Å². The molecular weight excluding hydrogens is 290 g/mol. The van der Waals surface area contributed by atoms with E-state index in [-0.39, 0.29) is 12.3 Å². The number of hydrogen-bond acceptors (Lipinski definition) is 4. The van der Waals surface area contributed by atoms with Gasteiger partial charge in [-0.15, -0.1) is 0 Å². The third kappa shape index (κ3) is 3.55. The zero-order chi connectivity index (χ0) is 15.4. The van der Waals surface area contributed by atoms with E-state index in [2.05, 4.69) is 10.3 Å². The molecule has 7 heteroatoms. The lowest BCUT2D eigenvalue weighted by molar-refractivity contribution is -0.143. The number of imidazole rings is 1. The van der Waals surface area contributed by atoms with Crippen molar-refractivity contribution in [2.75, 3.05) is 12.8 Å². The summed E-state index contributed by atoms with van der Waals surface area (Å²) in [6.07, 6.45) is -0.0250. The molecule has 0 radical (unpaired) electrons. The first-order valence-corrected chi connectivity index (χ1v) is 7.49. The zero-order valence-corrected chi connectivity index (χ0v) is 12.7. The summed E-state index contributed by atoms with van der Waals surface area (Å²) in [5, 5.41) is 12.4. The van der Waals surface area contributed by atoms with E-state index in [9.17, 15) is 14.7 Å². The van der Waals surface area contributed by atoms with Crippen LogP contribution in [0.5, 0.6) is 0 Å². The number of benzene rings is 1. The van der Waals surface area contributed by atoms with Gasteiger partial charge in [-0.1, -0.05) is 23.9 Å². The standard InChI is InChI=1S/C14H17N3O3S/c1-15-12(18)7-9(13(19)20)8-21-14-16-10-5-3-4-6-11(10)17(14)2/h3-6,9H,7-8H2,1-2H3,(H,15,18)(H,19,20). The number of amides is 1. The molecule has 2 aromatic rings. The maximum atomic E-state index is 11.3. The molecule has 0 aliphatic heterocycles. The third-order valence-electron chi connectivity index (χ3n) is 3.22. The van der Waals surface area contributed by atoms with Gasteiger partial charge < -0.3 is 15.0 Å². The SMILES string of the molecule is CNC(=O)CC(CSc1nc2ccccc2n1C)C(=O)O. The second-order valence-corrected chi connectivity index (χ2v) is 5.65. The Morgan fingerprint density at radius 3 is 2.76 bits per heavy atom. The second kappa shape index (κ2) is 6.62. The van der Waals surface area contributed by atoms with Crippen LogP contribution in [0.3, 0.4) is 0 Å².